The highest BCUT2D eigenvalue weighted by molar-refractivity contribution is 5.16. The number of nitrogens with one attached hydrogen (secondary N) is 1. The normalized spacial score (nSPS) is 11.7. The van der Waals surface area contributed by atoms with Crippen LogP contribution in [0.1, 0.15) is 39.0 Å². The van der Waals surface area contributed by atoms with E-state index in [0.29, 0.717) is 6.04 Å². The molecule has 0 saturated carbocycles. The monoisotopic (exact) mass is 268 g/mol. The van der Waals surface area contributed by atoms with E-state index >= 15 is 0 Å². The minimum absolute atomic E-state index is 0.471. The van der Waals surface area contributed by atoms with E-state index in [1.807, 2.05) is 6.92 Å². The lowest BCUT2D eigenvalue weighted by Gasteiger charge is -2.20. The standard InChI is InChI=1S/C15H28N2O2/c1-5-17(8-10-18-6-2)12-14-7-9-19-15(14)11-16-13(3)4/h7,9,13,16H,5-6,8,10-12H2,1-4H3. The summed E-state index contributed by atoms with van der Waals surface area (Å²) in [5.41, 5.74) is 1.27. The van der Waals surface area contributed by atoms with E-state index < -0.39 is 0 Å². The molecule has 1 aromatic rings. The van der Waals surface area contributed by atoms with Gasteiger partial charge < -0.3 is 14.5 Å². The maximum absolute atomic E-state index is 5.57. The van der Waals surface area contributed by atoms with Gasteiger partial charge >= 0.3 is 0 Å². The second kappa shape index (κ2) is 9.13. The van der Waals surface area contributed by atoms with Crippen LogP contribution in [0.25, 0.3) is 0 Å². The first-order valence-corrected chi connectivity index (χ1v) is 7.26. The van der Waals surface area contributed by atoms with Crippen LogP contribution in [0.15, 0.2) is 16.7 Å². The molecule has 0 unspecified atom stereocenters. The zero-order valence-corrected chi connectivity index (χ0v) is 12.7. The number of likely N-dealkylation sites (N-methyl/N-ethyl adjacent to an activating group) is 1. The van der Waals surface area contributed by atoms with Gasteiger partial charge in [-0.05, 0) is 19.5 Å². The number of ether oxygens (including phenoxy) is 1. The average molecular weight is 268 g/mol. The SMILES string of the molecule is CCOCCN(CC)Cc1ccoc1CNC(C)C. The summed E-state index contributed by atoms with van der Waals surface area (Å²) >= 11 is 0. The first-order valence-electron chi connectivity index (χ1n) is 7.26. The van der Waals surface area contributed by atoms with Crippen LogP contribution in [0.3, 0.4) is 0 Å². The summed E-state index contributed by atoms with van der Waals surface area (Å²) in [7, 11) is 0. The minimum Gasteiger partial charge on any atom is -0.468 e. The Hall–Kier alpha value is -0.840. The smallest absolute Gasteiger partial charge is 0.122 e. The molecule has 19 heavy (non-hydrogen) atoms. The summed E-state index contributed by atoms with van der Waals surface area (Å²) in [6.07, 6.45) is 1.78. The van der Waals surface area contributed by atoms with Crippen LogP contribution in [-0.4, -0.2) is 37.2 Å². The van der Waals surface area contributed by atoms with Gasteiger partial charge in [0, 0.05) is 31.3 Å². The summed E-state index contributed by atoms with van der Waals surface area (Å²) in [5.74, 6) is 1.04. The maximum atomic E-state index is 5.57. The van der Waals surface area contributed by atoms with E-state index in [2.05, 4.69) is 37.1 Å². The van der Waals surface area contributed by atoms with Crippen LogP contribution in [0, 0.1) is 0 Å². The molecule has 0 fully saturated rings. The van der Waals surface area contributed by atoms with Crippen molar-refractivity contribution < 1.29 is 9.15 Å². The molecule has 4 nitrogen and oxygen atoms in total. The molecule has 1 aromatic heterocycles. The molecule has 0 bridgehead atoms. The van der Waals surface area contributed by atoms with Gasteiger partial charge in [0.2, 0.25) is 0 Å². The number of rotatable bonds is 10. The van der Waals surface area contributed by atoms with E-state index in [1.165, 1.54) is 5.56 Å². The first-order chi connectivity index (χ1) is 9.17. The van der Waals surface area contributed by atoms with E-state index in [4.69, 9.17) is 9.15 Å². The highest BCUT2D eigenvalue weighted by Crippen LogP contribution is 2.13. The summed E-state index contributed by atoms with van der Waals surface area (Å²) < 4.78 is 11.0. The quantitative estimate of drug-likeness (QED) is 0.662. The van der Waals surface area contributed by atoms with Crippen molar-refractivity contribution in [1.82, 2.24) is 10.2 Å². The fourth-order valence-corrected chi connectivity index (χ4v) is 1.89. The van der Waals surface area contributed by atoms with Gasteiger partial charge in [0.25, 0.3) is 0 Å². The number of hydrogen-bond donors (Lipinski definition) is 1. The summed E-state index contributed by atoms with van der Waals surface area (Å²) in [6, 6.07) is 2.54. The van der Waals surface area contributed by atoms with Crippen molar-refractivity contribution in [3.63, 3.8) is 0 Å². The van der Waals surface area contributed by atoms with Crippen molar-refractivity contribution in [2.24, 2.45) is 0 Å². The van der Waals surface area contributed by atoms with Crippen LogP contribution >= 0.6 is 0 Å². The summed E-state index contributed by atoms with van der Waals surface area (Å²) in [5, 5.41) is 3.39. The zero-order valence-electron chi connectivity index (χ0n) is 12.7. The molecular weight excluding hydrogens is 240 g/mol. The van der Waals surface area contributed by atoms with Crippen molar-refractivity contribution in [3.8, 4) is 0 Å². The Bertz CT molecular complexity index is 337. The molecule has 0 aliphatic heterocycles. The van der Waals surface area contributed by atoms with E-state index in [9.17, 15) is 0 Å². The Kier molecular flexibility index (Phi) is 7.79. The Morgan fingerprint density at radius 2 is 2.16 bits per heavy atom. The highest BCUT2D eigenvalue weighted by atomic mass is 16.5. The predicted molar refractivity (Wildman–Crippen MR) is 78.1 cm³/mol. The van der Waals surface area contributed by atoms with Gasteiger partial charge in [-0.3, -0.25) is 4.90 Å². The molecule has 0 amide bonds. The van der Waals surface area contributed by atoms with Crippen LogP contribution in [0.2, 0.25) is 0 Å². The lowest BCUT2D eigenvalue weighted by Crippen LogP contribution is -2.28. The lowest BCUT2D eigenvalue weighted by atomic mass is 10.2. The fourth-order valence-electron chi connectivity index (χ4n) is 1.89. The third-order valence-electron chi connectivity index (χ3n) is 3.11. The van der Waals surface area contributed by atoms with Gasteiger partial charge in [-0.25, -0.2) is 0 Å². The number of nitrogens with zero attached hydrogens (tertiary/aromatic N) is 1. The Morgan fingerprint density at radius 1 is 1.37 bits per heavy atom. The van der Waals surface area contributed by atoms with Gasteiger partial charge in [0.15, 0.2) is 0 Å². The van der Waals surface area contributed by atoms with Gasteiger partial charge in [-0.15, -0.1) is 0 Å². The van der Waals surface area contributed by atoms with Crippen molar-refractivity contribution >= 4 is 0 Å². The molecule has 1 rings (SSSR count). The average Bonchev–Trinajstić information content (AvgIpc) is 2.82. The molecule has 1 N–H and O–H groups in total. The van der Waals surface area contributed by atoms with Gasteiger partial charge in [-0.1, -0.05) is 20.8 Å². The zero-order chi connectivity index (χ0) is 14.1. The summed E-state index contributed by atoms with van der Waals surface area (Å²) in [6.45, 7) is 13.8. The van der Waals surface area contributed by atoms with Crippen LogP contribution in [0.4, 0.5) is 0 Å². The molecule has 0 saturated heterocycles. The first kappa shape index (κ1) is 16.2. The largest absolute Gasteiger partial charge is 0.468 e. The minimum atomic E-state index is 0.471. The molecular formula is C15H28N2O2. The lowest BCUT2D eigenvalue weighted by molar-refractivity contribution is 0.112. The Labute approximate surface area is 117 Å². The maximum Gasteiger partial charge on any atom is 0.122 e. The van der Waals surface area contributed by atoms with E-state index in [-0.39, 0.29) is 0 Å². The van der Waals surface area contributed by atoms with Gasteiger partial charge in [0.05, 0.1) is 19.4 Å². The molecule has 0 atom stereocenters. The predicted octanol–water partition coefficient (Wildman–Crippen LogP) is 2.64. The molecule has 110 valence electrons. The molecule has 0 aliphatic carbocycles. The molecule has 4 heteroatoms. The second-order valence-corrected chi connectivity index (χ2v) is 4.97. The van der Waals surface area contributed by atoms with Gasteiger partial charge in [0.1, 0.15) is 5.76 Å². The molecule has 0 aromatic carbocycles. The highest BCUT2D eigenvalue weighted by Gasteiger charge is 2.10. The van der Waals surface area contributed by atoms with Crippen molar-refractivity contribution in [1.29, 1.82) is 0 Å². The topological polar surface area (TPSA) is 37.6 Å². The van der Waals surface area contributed by atoms with Crippen LogP contribution < -0.4 is 5.32 Å². The molecule has 1 heterocycles. The van der Waals surface area contributed by atoms with Crippen molar-refractivity contribution in [3.05, 3.63) is 23.7 Å². The van der Waals surface area contributed by atoms with Crippen LogP contribution in [0.5, 0.6) is 0 Å². The van der Waals surface area contributed by atoms with Gasteiger partial charge in [-0.2, -0.15) is 0 Å². The number of furan rings is 1. The fraction of sp³-hybridized carbons (Fsp3) is 0.733. The number of hydrogen-bond acceptors (Lipinski definition) is 4. The third kappa shape index (κ3) is 6.23. The summed E-state index contributed by atoms with van der Waals surface area (Å²) in [4.78, 5) is 2.37. The van der Waals surface area contributed by atoms with Crippen molar-refractivity contribution in [2.45, 2.75) is 46.8 Å². The van der Waals surface area contributed by atoms with Crippen molar-refractivity contribution in [2.75, 3.05) is 26.3 Å². The molecule has 0 radical (unpaired) electrons. The second-order valence-electron chi connectivity index (χ2n) is 4.97. The third-order valence-corrected chi connectivity index (χ3v) is 3.11. The van der Waals surface area contributed by atoms with E-state index in [0.717, 1.165) is 45.2 Å². The Morgan fingerprint density at radius 3 is 2.79 bits per heavy atom. The molecule has 0 spiro atoms. The molecule has 0 aliphatic rings. The Balaban J connectivity index is 2.47. The van der Waals surface area contributed by atoms with E-state index in [1.54, 1.807) is 6.26 Å². The van der Waals surface area contributed by atoms with Crippen LogP contribution in [-0.2, 0) is 17.8 Å².